The van der Waals surface area contributed by atoms with Crippen LogP contribution in [0, 0.1) is 0 Å². The molecule has 1 heterocycles. The van der Waals surface area contributed by atoms with Gasteiger partial charge in [0.05, 0.1) is 24.9 Å². The maximum Gasteiger partial charge on any atom is 0.308 e. The van der Waals surface area contributed by atoms with E-state index in [1.54, 1.807) is 6.92 Å². The maximum absolute atomic E-state index is 11.1. The third-order valence-electron chi connectivity index (χ3n) is 2.25. The lowest BCUT2D eigenvalue weighted by Gasteiger charge is -2.14. The zero-order valence-corrected chi connectivity index (χ0v) is 10.4. The summed E-state index contributed by atoms with van der Waals surface area (Å²) in [4.78, 5) is 11.0. The Morgan fingerprint density at radius 3 is 2.88 bits per heavy atom. The number of esters is 1. The topological polar surface area (TPSA) is 92.7 Å². The third-order valence-corrected chi connectivity index (χ3v) is 3.65. The molecule has 0 bridgehead atoms. The first-order valence-electron chi connectivity index (χ1n) is 5.41. The summed E-state index contributed by atoms with van der Waals surface area (Å²) in [5.74, 6) is -0.463. The maximum atomic E-state index is 11.1. The van der Waals surface area contributed by atoms with Crippen LogP contribution in [0.5, 0.6) is 0 Å². The molecule has 0 aromatic carbocycles. The predicted octanol–water partition coefficient (Wildman–Crippen LogP) is -0.799. The van der Waals surface area contributed by atoms with Crippen LogP contribution >= 0.6 is 0 Å². The number of aliphatic hydroxyl groups is 1. The van der Waals surface area contributed by atoms with Gasteiger partial charge in [0, 0.05) is 18.0 Å². The zero-order chi connectivity index (χ0) is 12.9. The molecule has 17 heavy (non-hydrogen) atoms. The molecular weight excluding hydrogens is 246 g/mol. The van der Waals surface area contributed by atoms with Crippen molar-refractivity contribution in [3.8, 4) is 0 Å². The van der Waals surface area contributed by atoms with Gasteiger partial charge in [-0.1, -0.05) is 6.08 Å². The van der Waals surface area contributed by atoms with Crippen LogP contribution in [0.15, 0.2) is 11.5 Å². The zero-order valence-electron chi connectivity index (χ0n) is 9.63. The Morgan fingerprint density at radius 1 is 1.65 bits per heavy atom. The molecule has 0 saturated carbocycles. The van der Waals surface area contributed by atoms with Crippen molar-refractivity contribution in [2.24, 2.45) is 0 Å². The number of hydrogen-bond acceptors (Lipinski definition) is 6. The minimum absolute atomic E-state index is 0.000867. The van der Waals surface area contributed by atoms with E-state index in [2.05, 4.69) is 10.1 Å². The Balaban J connectivity index is 2.23. The van der Waals surface area contributed by atoms with Crippen molar-refractivity contribution in [3.05, 3.63) is 11.5 Å². The fourth-order valence-corrected chi connectivity index (χ4v) is 2.74. The molecule has 7 heteroatoms. The molecule has 2 atom stereocenters. The van der Waals surface area contributed by atoms with Gasteiger partial charge < -0.3 is 15.2 Å². The monoisotopic (exact) mass is 263 g/mol. The quantitative estimate of drug-likeness (QED) is 0.610. The van der Waals surface area contributed by atoms with E-state index in [1.165, 1.54) is 6.08 Å². The van der Waals surface area contributed by atoms with E-state index in [0.29, 0.717) is 0 Å². The number of rotatable bonds is 6. The van der Waals surface area contributed by atoms with Crippen LogP contribution in [-0.2, 0) is 19.4 Å². The molecule has 2 unspecified atom stereocenters. The van der Waals surface area contributed by atoms with Crippen molar-refractivity contribution >= 4 is 15.8 Å². The Hall–Kier alpha value is -0.920. The van der Waals surface area contributed by atoms with Gasteiger partial charge in [0.15, 0.2) is 9.84 Å². The van der Waals surface area contributed by atoms with Crippen LogP contribution in [0.2, 0.25) is 0 Å². The predicted molar refractivity (Wildman–Crippen MR) is 62.0 cm³/mol. The first-order chi connectivity index (χ1) is 7.93. The molecule has 98 valence electrons. The molecule has 0 saturated heterocycles. The number of carbonyl (C=O) groups is 1. The summed E-state index contributed by atoms with van der Waals surface area (Å²) in [6.07, 6.45) is 0.571. The standard InChI is InChI=1S/C10H17NO5S/c1-2-16-10(13)5-9(12)6-11-8-3-4-17(14,15)7-8/h3-4,8-9,11-12H,2,5-7H2,1H3. The van der Waals surface area contributed by atoms with Gasteiger partial charge in [0.25, 0.3) is 0 Å². The molecule has 0 radical (unpaired) electrons. The van der Waals surface area contributed by atoms with Crippen LogP contribution in [0.4, 0.5) is 0 Å². The van der Waals surface area contributed by atoms with Gasteiger partial charge >= 0.3 is 5.97 Å². The Kier molecular flexibility index (Phi) is 5.10. The summed E-state index contributed by atoms with van der Waals surface area (Å²) in [6.45, 7) is 2.13. The molecule has 0 aromatic heterocycles. The average molecular weight is 263 g/mol. The number of nitrogens with one attached hydrogen (secondary N) is 1. The molecule has 2 N–H and O–H groups in total. The molecule has 0 amide bonds. The minimum Gasteiger partial charge on any atom is -0.466 e. The van der Waals surface area contributed by atoms with Gasteiger partial charge in [0.1, 0.15) is 0 Å². The van der Waals surface area contributed by atoms with E-state index >= 15 is 0 Å². The van der Waals surface area contributed by atoms with Crippen molar-refractivity contribution in [1.82, 2.24) is 5.32 Å². The molecule has 6 nitrogen and oxygen atoms in total. The van der Waals surface area contributed by atoms with Crippen molar-refractivity contribution in [2.75, 3.05) is 18.9 Å². The van der Waals surface area contributed by atoms with Crippen molar-refractivity contribution in [2.45, 2.75) is 25.5 Å². The number of hydrogen-bond donors (Lipinski definition) is 2. The fourth-order valence-electron chi connectivity index (χ4n) is 1.47. The summed E-state index contributed by atoms with van der Waals surface area (Å²) in [5.41, 5.74) is 0. The Morgan fingerprint density at radius 2 is 2.35 bits per heavy atom. The average Bonchev–Trinajstić information content (AvgIpc) is 2.55. The summed E-state index contributed by atoms with van der Waals surface area (Å²) in [6, 6.07) is -0.295. The highest BCUT2D eigenvalue weighted by atomic mass is 32.2. The highest BCUT2D eigenvalue weighted by Crippen LogP contribution is 2.07. The fraction of sp³-hybridized carbons (Fsp3) is 0.700. The Labute approximate surface area is 101 Å². The highest BCUT2D eigenvalue weighted by Gasteiger charge is 2.22. The van der Waals surface area contributed by atoms with E-state index in [9.17, 15) is 18.3 Å². The van der Waals surface area contributed by atoms with E-state index in [1.807, 2.05) is 0 Å². The van der Waals surface area contributed by atoms with Crippen LogP contribution in [0.25, 0.3) is 0 Å². The largest absolute Gasteiger partial charge is 0.466 e. The summed E-state index contributed by atoms with van der Waals surface area (Å²) >= 11 is 0. The van der Waals surface area contributed by atoms with Crippen molar-refractivity contribution in [1.29, 1.82) is 0 Å². The van der Waals surface area contributed by atoms with Gasteiger partial charge in [-0.15, -0.1) is 0 Å². The van der Waals surface area contributed by atoms with Crippen molar-refractivity contribution in [3.63, 3.8) is 0 Å². The van der Waals surface area contributed by atoms with E-state index in [4.69, 9.17) is 0 Å². The summed E-state index contributed by atoms with van der Waals surface area (Å²) in [7, 11) is -3.09. The van der Waals surface area contributed by atoms with Gasteiger partial charge in [0.2, 0.25) is 0 Å². The van der Waals surface area contributed by atoms with Crippen LogP contribution in [0.1, 0.15) is 13.3 Å². The number of carbonyl (C=O) groups excluding carboxylic acids is 1. The van der Waals surface area contributed by atoms with Crippen LogP contribution in [0.3, 0.4) is 0 Å². The lowest BCUT2D eigenvalue weighted by molar-refractivity contribution is -0.145. The number of sulfone groups is 1. The smallest absolute Gasteiger partial charge is 0.308 e. The first-order valence-corrected chi connectivity index (χ1v) is 7.12. The van der Waals surface area contributed by atoms with Crippen LogP contribution < -0.4 is 5.32 Å². The minimum atomic E-state index is -3.09. The summed E-state index contributed by atoms with van der Waals surface area (Å²) in [5, 5.41) is 13.5. The Bertz CT molecular complexity index is 390. The third kappa shape index (κ3) is 5.29. The number of ether oxygens (including phenoxy) is 1. The second-order valence-electron chi connectivity index (χ2n) is 3.84. The first kappa shape index (κ1) is 14.1. The molecule has 0 aliphatic carbocycles. The molecule has 0 aromatic rings. The van der Waals surface area contributed by atoms with E-state index in [0.717, 1.165) is 5.41 Å². The SMILES string of the molecule is CCOC(=O)CC(O)CNC1C=CS(=O)(=O)C1. The van der Waals surface area contributed by atoms with Crippen molar-refractivity contribution < 1.29 is 23.1 Å². The summed E-state index contributed by atoms with van der Waals surface area (Å²) < 4.78 is 26.9. The molecule has 1 rings (SSSR count). The normalized spacial score (nSPS) is 23.5. The lowest BCUT2D eigenvalue weighted by atomic mass is 10.2. The second kappa shape index (κ2) is 6.13. The molecular formula is C10H17NO5S. The van der Waals surface area contributed by atoms with Crippen LogP contribution in [-0.4, -0.2) is 50.5 Å². The van der Waals surface area contributed by atoms with Gasteiger partial charge in [-0.05, 0) is 6.92 Å². The van der Waals surface area contributed by atoms with Gasteiger partial charge in [-0.25, -0.2) is 8.42 Å². The molecule has 0 spiro atoms. The lowest BCUT2D eigenvalue weighted by Crippen LogP contribution is -2.37. The second-order valence-corrected chi connectivity index (χ2v) is 5.77. The van der Waals surface area contributed by atoms with Gasteiger partial charge in [-0.3, -0.25) is 4.79 Å². The highest BCUT2D eigenvalue weighted by molar-refractivity contribution is 7.94. The molecule has 0 fully saturated rings. The van der Waals surface area contributed by atoms with E-state index < -0.39 is 21.9 Å². The number of aliphatic hydroxyl groups excluding tert-OH is 1. The van der Waals surface area contributed by atoms with Gasteiger partial charge in [-0.2, -0.15) is 0 Å². The molecule has 1 aliphatic heterocycles. The van der Waals surface area contributed by atoms with E-state index in [-0.39, 0.29) is 31.4 Å². The molecule has 1 aliphatic rings.